The van der Waals surface area contributed by atoms with E-state index in [9.17, 15) is 9.59 Å². The van der Waals surface area contributed by atoms with E-state index < -0.39 is 0 Å². The zero-order valence-corrected chi connectivity index (χ0v) is 16.7. The van der Waals surface area contributed by atoms with Crippen molar-refractivity contribution in [2.24, 2.45) is 0 Å². The number of carbonyl (C=O) groups excluding carboxylic acids is 2. The standard InChI is InChI=1S/C19H26N4O3S/c1-4-16(22-17(24)9-10-27-11-18(25)26-3)19(23-13-20-12-21-23)15-7-5-14(2)6-8-15/h5-8,12-13,16,19H,4,9-11H2,1-3H3,(H,22,24)/t16-,19-/m1/s1. The predicted octanol–water partition coefficient (Wildman–Crippen LogP) is 2.37. The maximum Gasteiger partial charge on any atom is 0.315 e. The average Bonchev–Trinajstić information content (AvgIpc) is 3.20. The maximum absolute atomic E-state index is 12.4. The number of hydrogen-bond donors (Lipinski definition) is 1. The Morgan fingerprint density at radius 1 is 1.30 bits per heavy atom. The van der Waals surface area contributed by atoms with Crippen molar-refractivity contribution in [2.45, 2.75) is 38.8 Å². The summed E-state index contributed by atoms with van der Waals surface area (Å²) in [5.41, 5.74) is 2.24. The fourth-order valence-electron chi connectivity index (χ4n) is 2.76. The van der Waals surface area contributed by atoms with Gasteiger partial charge in [0.1, 0.15) is 12.7 Å². The molecule has 0 unspecified atom stereocenters. The molecule has 1 N–H and O–H groups in total. The van der Waals surface area contributed by atoms with Gasteiger partial charge in [0.25, 0.3) is 0 Å². The van der Waals surface area contributed by atoms with Crippen LogP contribution >= 0.6 is 11.8 Å². The number of methoxy groups -OCH3 is 1. The Hall–Kier alpha value is -2.35. The molecule has 0 saturated carbocycles. The van der Waals surface area contributed by atoms with Gasteiger partial charge in [0.05, 0.1) is 24.9 Å². The van der Waals surface area contributed by atoms with Crippen LogP contribution in [0.5, 0.6) is 0 Å². The van der Waals surface area contributed by atoms with E-state index in [1.165, 1.54) is 30.8 Å². The lowest BCUT2D eigenvalue weighted by molar-refractivity contribution is -0.137. The third-order valence-electron chi connectivity index (χ3n) is 4.23. The Labute approximate surface area is 163 Å². The molecule has 146 valence electrons. The number of carbonyl (C=O) groups is 2. The van der Waals surface area contributed by atoms with Gasteiger partial charge in [0.2, 0.25) is 5.91 Å². The minimum absolute atomic E-state index is 0.0450. The van der Waals surface area contributed by atoms with Crippen LogP contribution in [0.15, 0.2) is 36.9 Å². The van der Waals surface area contributed by atoms with E-state index in [0.29, 0.717) is 12.2 Å². The summed E-state index contributed by atoms with van der Waals surface area (Å²) in [6.45, 7) is 4.08. The molecule has 2 aromatic rings. The Balaban J connectivity index is 2.03. The molecule has 0 radical (unpaired) electrons. The second-order valence-corrected chi connectivity index (χ2v) is 7.30. The van der Waals surface area contributed by atoms with Crippen LogP contribution < -0.4 is 5.32 Å². The van der Waals surface area contributed by atoms with Crippen LogP contribution in [-0.4, -0.2) is 51.3 Å². The van der Waals surface area contributed by atoms with Crippen molar-refractivity contribution in [2.75, 3.05) is 18.6 Å². The lowest BCUT2D eigenvalue weighted by atomic mass is 9.96. The lowest BCUT2D eigenvalue weighted by Gasteiger charge is -2.28. The van der Waals surface area contributed by atoms with Gasteiger partial charge < -0.3 is 10.1 Å². The number of esters is 1. The van der Waals surface area contributed by atoms with Crippen molar-refractivity contribution < 1.29 is 14.3 Å². The van der Waals surface area contributed by atoms with Crippen molar-refractivity contribution in [3.05, 3.63) is 48.0 Å². The number of amides is 1. The number of ether oxygens (including phenoxy) is 1. The van der Waals surface area contributed by atoms with Crippen LogP contribution in [0.2, 0.25) is 0 Å². The predicted molar refractivity (Wildman–Crippen MR) is 106 cm³/mol. The molecule has 0 spiro atoms. The zero-order chi connectivity index (χ0) is 19.6. The number of aromatic nitrogens is 3. The van der Waals surface area contributed by atoms with Crippen molar-refractivity contribution in [3.8, 4) is 0 Å². The summed E-state index contributed by atoms with van der Waals surface area (Å²) in [7, 11) is 1.36. The summed E-state index contributed by atoms with van der Waals surface area (Å²) in [5, 5.41) is 7.41. The van der Waals surface area contributed by atoms with Gasteiger partial charge in [-0.15, -0.1) is 11.8 Å². The third-order valence-corrected chi connectivity index (χ3v) is 5.16. The Kier molecular flexibility index (Phi) is 8.32. The van der Waals surface area contributed by atoms with Crippen LogP contribution in [0.1, 0.15) is 36.9 Å². The number of nitrogens with zero attached hydrogens (tertiary/aromatic N) is 3. The Morgan fingerprint density at radius 2 is 2.04 bits per heavy atom. The monoisotopic (exact) mass is 390 g/mol. The molecule has 0 fully saturated rings. The van der Waals surface area contributed by atoms with Gasteiger partial charge in [-0.25, -0.2) is 9.67 Å². The summed E-state index contributed by atoms with van der Waals surface area (Å²) < 4.78 is 6.38. The molecule has 1 aromatic heterocycles. The highest BCUT2D eigenvalue weighted by molar-refractivity contribution is 7.99. The first-order chi connectivity index (χ1) is 13.0. The molecule has 0 saturated heterocycles. The zero-order valence-electron chi connectivity index (χ0n) is 15.9. The topological polar surface area (TPSA) is 86.1 Å². The highest BCUT2D eigenvalue weighted by Crippen LogP contribution is 2.24. The molecule has 0 aliphatic rings. The summed E-state index contributed by atoms with van der Waals surface area (Å²) >= 11 is 1.39. The smallest absolute Gasteiger partial charge is 0.315 e. The Bertz CT molecular complexity index is 719. The molecule has 1 heterocycles. The second kappa shape index (κ2) is 10.7. The van der Waals surface area contributed by atoms with E-state index in [0.717, 1.165) is 12.0 Å². The van der Waals surface area contributed by atoms with E-state index in [4.69, 9.17) is 0 Å². The average molecular weight is 391 g/mol. The fourth-order valence-corrected chi connectivity index (χ4v) is 3.52. The van der Waals surface area contributed by atoms with E-state index in [-0.39, 0.29) is 29.7 Å². The number of thioether (sulfide) groups is 1. The summed E-state index contributed by atoms with van der Waals surface area (Å²) in [5.74, 6) is 0.496. The number of benzene rings is 1. The van der Waals surface area contributed by atoms with Crippen molar-refractivity contribution >= 4 is 23.6 Å². The van der Waals surface area contributed by atoms with Gasteiger partial charge in [-0.2, -0.15) is 5.10 Å². The molecular formula is C19H26N4O3S. The molecule has 2 atom stereocenters. The largest absolute Gasteiger partial charge is 0.468 e. The molecular weight excluding hydrogens is 364 g/mol. The summed E-state index contributed by atoms with van der Waals surface area (Å²) in [6.07, 6.45) is 4.26. The maximum atomic E-state index is 12.4. The van der Waals surface area contributed by atoms with Crippen LogP contribution in [0.25, 0.3) is 0 Å². The van der Waals surface area contributed by atoms with Gasteiger partial charge in [0.15, 0.2) is 0 Å². The number of nitrogens with one attached hydrogen (secondary N) is 1. The minimum Gasteiger partial charge on any atom is -0.468 e. The van der Waals surface area contributed by atoms with Gasteiger partial charge in [0, 0.05) is 12.2 Å². The van der Waals surface area contributed by atoms with Gasteiger partial charge >= 0.3 is 5.97 Å². The third kappa shape index (κ3) is 6.39. The minimum atomic E-state index is -0.280. The van der Waals surface area contributed by atoms with Crippen LogP contribution in [0.4, 0.5) is 0 Å². The van der Waals surface area contributed by atoms with Gasteiger partial charge in [-0.3, -0.25) is 9.59 Å². The van der Waals surface area contributed by atoms with Crippen LogP contribution in [-0.2, 0) is 14.3 Å². The van der Waals surface area contributed by atoms with Crippen LogP contribution in [0.3, 0.4) is 0 Å². The highest BCUT2D eigenvalue weighted by atomic mass is 32.2. The molecule has 8 heteroatoms. The van der Waals surface area contributed by atoms with Crippen molar-refractivity contribution in [1.82, 2.24) is 20.1 Å². The summed E-state index contributed by atoms with van der Waals surface area (Å²) in [6, 6.07) is 7.97. The number of aryl methyl sites for hydroxylation is 1. The normalized spacial score (nSPS) is 13.0. The molecule has 0 aliphatic carbocycles. The SMILES string of the molecule is CC[C@@H](NC(=O)CCSCC(=O)OC)[C@@H](c1ccc(C)cc1)n1cncn1. The highest BCUT2D eigenvalue weighted by Gasteiger charge is 2.25. The number of rotatable bonds is 10. The van der Waals surface area contributed by atoms with Gasteiger partial charge in [-0.1, -0.05) is 36.8 Å². The molecule has 27 heavy (non-hydrogen) atoms. The molecule has 1 amide bonds. The van der Waals surface area contributed by atoms with Crippen molar-refractivity contribution in [3.63, 3.8) is 0 Å². The number of hydrogen-bond acceptors (Lipinski definition) is 6. The van der Waals surface area contributed by atoms with Gasteiger partial charge in [-0.05, 0) is 18.9 Å². The lowest BCUT2D eigenvalue weighted by Crippen LogP contribution is -2.41. The molecule has 0 bridgehead atoms. The molecule has 0 aliphatic heterocycles. The molecule has 2 rings (SSSR count). The first kappa shape index (κ1) is 21.0. The summed E-state index contributed by atoms with van der Waals surface area (Å²) in [4.78, 5) is 27.6. The van der Waals surface area contributed by atoms with Crippen LogP contribution in [0, 0.1) is 6.92 Å². The van der Waals surface area contributed by atoms with E-state index in [1.807, 2.05) is 13.8 Å². The second-order valence-electron chi connectivity index (χ2n) is 6.19. The van der Waals surface area contributed by atoms with Crippen molar-refractivity contribution in [1.29, 1.82) is 0 Å². The van der Waals surface area contributed by atoms with E-state index >= 15 is 0 Å². The molecule has 1 aromatic carbocycles. The van der Waals surface area contributed by atoms with E-state index in [1.54, 1.807) is 11.0 Å². The van der Waals surface area contributed by atoms with E-state index in [2.05, 4.69) is 44.4 Å². The fraction of sp³-hybridized carbons (Fsp3) is 0.474. The first-order valence-electron chi connectivity index (χ1n) is 8.89. The Morgan fingerprint density at radius 3 is 2.63 bits per heavy atom. The first-order valence-corrected chi connectivity index (χ1v) is 10.0. The molecule has 7 nitrogen and oxygen atoms in total. The quantitative estimate of drug-likeness (QED) is 0.495.